The largest absolute Gasteiger partial charge is 0.497 e. The molecule has 2 aromatic rings. The molecule has 8 nitrogen and oxygen atoms in total. The van der Waals surface area contributed by atoms with Crippen LogP contribution < -0.4 is 14.8 Å². The monoisotopic (exact) mass is 575 g/mol. The first-order chi connectivity index (χ1) is 14.7. The Kier molecular flexibility index (Phi) is 7.98. The molecular formula is C20H23Br2N3O5S. The third kappa shape index (κ3) is 6.42. The first kappa shape index (κ1) is 24.0. The maximum absolute atomic E-state index is 12.8. The van der Waals surface area contributed by atoms with E-state index in [0.29, 0.717) is 27.7 Å². The fourth-order valence-corrected chi connectivity index (χ4v) is 6.23. The normalized spacial score (nSPS) is 18.7. The molecule has 168 valence electrons. The number of sulfonamides is 1. The van der Waals surface area contributed by atoms with E-state index in [-0.39, 0.29) is 30.1 Å². The number of hydrogen-bond donors (Lipinski definition) is 3. The number of rotatable bonds is 8. The minimum Gasteiger partial charge on any atom is -0.497 e. The molecule has 1 aliphatic heterocycles. The second kappa shape index (κ2) is 10.3. The van der Waals surface area contributed by atoms with Gasteiger partial charge in [0.05, 0.1) is 12.0 Å². The zero-order chi connectivity index (χ0) is 22.6. The van der Waals surface area contributed by atoms with Crippen LogP contribution in [-0.4, -0.2) is 56.8 Å². The summed E-state index contributed by atoms with van der Waals surface area (Å²) in [6.07, 6.45) is -0.557. The molecular weight excluding hydrogens is 554 g/mol. The van der Waals surface area contributed by atoms with E-state index in [2.05, 4.69) is 41.9 Å². The SMILES string of the molecule is COc1cccc(CN(C[C@H]2C[C@@H](NS(=O)(=O)c3cc(Br)ccc3Br)CN2)C(=O)O)c1. The number of nitrogens with zero attached hydrogens (tertiary/aromatic N) is 1. The molecule has 0 saturated carbocycles. The van der Waals surface area contributed by atoms with Crippen molar-refractivity contribution in [1.29, 1.82) is 0 Å². The number of benzene rings is 2. The molecule has 0 unspecified atom stereocenters. The standard InChI is InChI=1S/C20H23Br2N3O5S/c1-30-17-4-2-3-13(7-17)11-25(20(26)27)12-16-9-15(10-23-16)24-31(28,29)19-8-14(21)5-6-18(19)22/h2-8,15-16,23-24H,9-12H2,1H3,(H,26,27)/t15-,16-/m1/s1. The van der Waals surface area contributed by atoms with Crippen molar-refractivity contribution in [2.45, 2.75) is 29.9 Å². The van der Waals surface area contributed by atoms with Crippen LogP contribution in [0.4, 0.5) is 4.79 Å². The fourth-order valence-electron chi connectivity index (χ4n) is 3.48. The average Bonchev–Trinajstić information content (AvgIpc) is 3.15. The average molecular weight is 577 g/mol. The third-order valence-electron chi connectivity index (χ3n) is 4.95. The summed E-state index contributed by atoms with van der Waals surface area (Å²) in [5.74, 6) is 0.662. The first-order valence-corrected chi connectivity index (χ1v) is 12.6. The minimum atomic E-state index is -3.73. The lowest BCUT2D eigenvalue weighted by Crippen LogP contribution is -2.40. The van der Waals surface area contributed by atoms with E-state index in [4.69, 9.17) is 4.74 Å². The summed E-state index contributed by atoms with van der Waals surface area (Å²) >= 11 is 6.57. The molecule has 3 rings (SSSR count). The number of methoxy groups -OCH3 is 1. The molecule has 0 radical (unpaired) electrons. The predicted molar refractivity (Wildman–Crippen MR) is 124 cm³/mol. The Morgan fingerprint density at radius 3 is 2.77 bits per heavy atom. The summed E-state index contributed by atoms with van der Waals surface area (Å²) in [4.78, 5) is 13.2. The zero-order valence-corrected chi connectivity index (χ0v) is 20.7. The van der Waals surface area contributed by atoms with E-state index in [9.17, 15) is 18.3 Å². The second-order valence-corrected chi connectivity index (χ2v) is 10.7. The van der Waals surface area contributed by atoms with Gasteiger partial charge in [-0.1, -0.05) is 28.1 Å². The molecule has 31 heavy (non-hydrogen) atoms. The van der Waals surface area contributed by atoms with Gasteiger partial charge in [0.1, 0.15) is 5.75 Å². The molecule has 0 bridgehead atoms. The first-order valence-electron chi connectivity index (χ1n) is 9.49. The van der Waals surface area contributed by atoms with Gasteiger partial charge in [0.15, 0.2) is 0 Å². The highest BCUT2D eigenvalue weighted by Gasteiger charge is 2.31. The second-order valence-electron chi connectivity index (χ2n) is 7.25. The van der Waals surface area contributed by atoms with Gasteiger partial charge in [-0.2, -0.15) is 0 Å². The van der Waals surface area contributed by atoms with Crippen molar-refractivity contribution in [3.8, 4) is 5.75 Å². The number of ether oxygens (including phenoxy) is 1. The molecule has 1 saturated heterocycles. The molecule has 0 aromatic heterocycles. The van der Waals surface area contributed by atoms with Gasteiger partial charge in [-0.3, -0.25) is 0 Å². The van der Waals surface area contributed by atoms with Crippen LogP contribution >= 0.6 is 31.9 Å². The lowest BCUT2D eigenvalue weighted by Gasteiger charge is -2.23. The van der Waals surface area contributed by atoms with Crippen molar-refractivity contribution in [1.82, 2.24) is 14.9 Å². The number of hydrogen-bond acceptors (Lipinski definition) is 5. The van der Waals surface area contributed by atoms with Crippen molar-refractivity contribution in [3.63, 3.8) is 0 Å². The van der Waals surface area contributed by atoms with Crippen molar-refractivity contribution in [2.24, 2.45) is 0 Å². The van der Waals surface area contributed by atoms with Gasteiger partial charge in [0, 0.05) is 40.7 Å². The number of carboxylic acid groups (broad SMARTS) is 1. The van der Waals surface area contributed by atoms with Crippen LogP contribution in [0.25, 0.3) is 0 Å². The summed E-state index contributed by atoms with van der Waals surface area (Å²) in [5, 5.41) is 12.8. The van der Waals surface area contributed by atoms with Crippen molar-refractivity contribution in [2.75, 3.05) is 20.2 Å². The molecule has 11 heteroatoms. The lowest BCUT2D eigenvalue weighted by atomic mass is 10.1. The highest BCUT2D eigenvalue weighted by atomic mass is 79.9. The number of halogens is 2. The predicted octanol–water partition coefficient (Wildman–Crippen LogP) is 3.41. The van der Waals surface area contributed by atoms with Gasteiger partial charge in [0.2, 0.25) is 10.0 Å². The van der Waals surface area contributed by atoms with Crippen LogP contribution in [0.3, 0.4) is 0 Å². The van der Waals surface area contributed by atoms with Crippen LogP contribution in [0.15, 0.2) is 56.3 Å². The molecule has 1 fully saturated rings. The lowest BCUT2D eigenvalue weighted by molar-refractivity contribution is 0.137. The van der Waals surface area contributed by atoms with Crippen LogP contribution in [0.2, 0.25) is 0 Å². The summed E-state index contributed by atoms with van der Waals surface area (Å²) in [7, 11) is -2.17. The van der Waals surface area contributed by atoms with Gasteiger partial charge >= 0.3 is 6.09 Å². The molecule has 0 spiro atoms. The van der Waals surface area contributed by atoms with E-state index >= 15 is 0 Å². The highest BCUT2D eigenvalue weighted by Crippen LogP contribution is 2.26. The summed E-state index contributed by atoms with van der Waals surface area (Å²) in [6, 6.07) is 11.7. The van der Waals surface area contributed by atoms with Crippen molar-refractivity contribution >= 4 is 48.0 Å². The Morgan fingerprint density at radius 1 is 1.29 bits per heavy atom. The van der Waals surface area contributed by atoms with E-state index in [1.807, 2.05) is 12.1 Å². The molecule has 0 aliphatic carbocycles. The number of carbonyl (C=O) groups is 1. The van der Waals surface area contributed by atoms with E-state index < -0.39 is 16.1 Å². The fraction of sp³-hybridized carbons (Fsp3) is 0.350. The summed E-state index contributed by atoms with van der Waals surface area (Å²) in [6.45, 7) is 0.875. The smallest absolute Gasteiger partial charge is 0.407 e. The Labute approximate surface area is 198 Å². The van der Waals surface area contributed by atoms with Gasteiger partial charge in [0.25, 0.3) is 0 Å². The number of amides is 1. The van der Waals surface area contributed by atoms with Gasteiger partial charge in [-0.15, -0.1) is 0 Å². The van der Waals surface area contributed by atoms with Gasteiger partial charge in [-0.25, -0.2) is 17.9 Å². The molecule has 3 N–H and O–H groups in total. The summed E-state index contributed by atoms with van der Waals surface area (Å²) in [5.41, 5.74) is 0.816. The Hall–Kier alpha value is -1.66. The third-order valence-corrected chi connectivity index (χ3v) is 7.95. The molecule has 1 amide bonds. The van der Waals surface area contributed by atoms with Crippen LogP contribution in [-0.2, 0) is 16.6 Å². The van der Waals surface area contributed by atoms with Crippen molar-refractivity contribution < 1.29 is 23.1 Å². The van der Waals surface area contributed by atoms with E-state index in [0.717, 1.165) is 5.56 Å². The van der Waals surface area contributed by atoms with Gasteiger partial charge < -0.3 is 20.1 Å². The van der Waals surface area contributed by atoms with E-state index in [1.165, 1.54) is 11.0 Å². The van der Waals surface area contributed by atoms with Crippen molar-refractivity contribution in [3.05, 3.63) is 57.0 Å². The Morgan fingerprint density at radius 2 is 2.06 bits per heavy atom. The van der Waals surface area contributed by atoms with Gasteiger partial charge in [-0.05, 0) is 58.2 Å². The Balaban J connectivity index is 1.62. The zero-order valence-electron chi connectivity index (χ0n) is 16.7. The highest BCUT2D eigenvalue weighted by molar-refractivity contribution is 9.11. The molecule has 1 aliphatic rings. The maximum atomic E-state index is 12.8. The van der Waals surface area contributed by atoms with Crippen LogP contribution in [0.5, 0.6) is 5.75 Å². The minimum absolute atomic E-state index is 0.149. The summed E-state index contributed by atoms with van der Waals surface area (Å²) < 4.78 is 34.6. The van der Waals surface area contributed by atoms with E-state index in [1.54, 1.807) is 31.4 Å². The molecule has 2 atom stereocenters. The van der Waals surface area contributed by atoms with Crippen LogP contribution in [0, 0.1) is 0 Å². The quantitative estimate of drug-likeness (QED) is 0.444. The Bertz CT molecular complexity index is 1050. The number of nitrogens with one attached hydrogen (secondary N) is 2. The maximum Gasteiger partial charge on any atom is 0.407 e. The molecule has 2 aromatic carbocycles. The molecule has 1 heterocycles. The van der Waals surface area contributed by atoms with Crippen LogP contribution in [0.1, 0.15) is 12.0 Å². The topological polar surface area (TPSA) is 108 Å².